The topological polar surface area (TPSA) is 87.2 Å². The Morgan fingerprint density at radius 3 is 2.11 bits per heavy atom. The lowest BCUT2D eigenvalue weighted by Gasteiger charge is -2.28. The monoisotopic (exact) mass is 514 g/mol. The van der Waals surface area contributed by atoms with Crippen LogP contribution in [-0.2, 0) is 22.3 Å². The second-order valence-corrected chi connectivity index (χ2v) is 8.81. The number of imide groups is 1. The number of ether oxygens (including phenoxy) is 1. The molecule has 0 saturated heterocycles. The van der Waals surface area contributed by atoms with Crippen LogP contribution in [0.4, 0.5) is 23.7 Å². The highest BCUT2D eigenvalue weighted by Crippen LogP contribution is 2.37. The first kappa shape index (κ1) is 28.0. The number of amides is 3. The third kappa shape index (κ3) is 6.45. The SMILES string of the molecule is CCN(C(=O)N(C=O)Cc1cc(C)c(OC(C)(C)C(=O)O)c(C)c1)c1ccc(C(F)(F)F)c(Cl)c1. The van der Waals surface area contributed by atoms with E-state index >= 15 is 0 Å². The van der Waals surface area contributed by atoms with Gasteiger partial charge in [0.15, 0.2) is 5.60 Å². The third-order valence-corrected chi connectivity index (χ3v) is 5.55. The highest BCUT2D eigenvalue weighted by Gasteiger charge is 2.34. The lowest BCUT2D eigenvalue weighted by atomic mass is 10.0. The zero-order valence-corrected chi connectivity index (χ0v) is 20.6. The van der Waals surface area contributed by atoms with Crippen molar-refractivity contribution < 1.29 is 37.4 Å². The van der Waals surface area contributed by atoms with Gasteiger partial charge in [0.2, 0.25) is 6.41 Å². The molecule has 190 valence electrons. The van der Waals surface area contributed by atoms with Crippen molar-refractivity contribution in [2.24, 2.45) is 0 Å². The molecule has 0 unspecified atom stereocenters. The molecule has 0 aliphatic rings. The van der Waals surface area contributed by atoms with Crippen LogP contribution >= 0.6 is 11.6 Å². The van der Waals surface area contributed by atoms with Crippen LogP contribution in [0.2, 0.25) is 5.02 Å². The predicted octanol–water partition coefficient (Wildman–Crippen LogP) is 5.82. The molecule has 2 aromatic carbocycles. The molecule has 2 rings (SSSR count). The lowest BCUT2D eigenvalue weighted by molar-refractivity contribution is -0.152. The molecular weight excluding hydrogens is 489 g/mol. The van der Waals surface area contributed by atoms with Gasteiger partial charge in [-0.15, -0.1) is 0 Å². The molecule has 0 saturated carbocycles. The minimum absolute atomic E-state index is 0.0694. The van der Waals surface area contributed by atoms with E-state index in [1.807, 2.05) is 0 Å². The van der Waals surface area contributed by atoms with E-state index in [0.717, 1.165) is 28.0 Å². The average Bonchev–Trinajstić information content (AvgIpc) is 2.74. The summed E-state index contributed by atoms with van der Waals surface area (Å²) in [6.07, 6.45) is -4.31. The molecule has 0 bridgehead atoms. The zero-order valence-electron chi connectivity index (χ0n) is 19.9. The number of anilines is 1. The Kier molecular flexibility index (Phi) is 8.43. The molecule has 7 nitrogen and oxygen atoms in total. The molecule has 35 heavy (non-hydrogen) atoms. The summed E-state index contributed by atoms with van der Waals surface area (Å²) in [5, 5.41) is 8.75. The summed E-state index contributed by atoms with van der Waals surface area (Å²) in [4.78, 5) is 38.2. The molecule has 2 aromatic rings. The van der Waals surface area contributed by atoms with Crippen molar-refractivity contribution in [1.29, 1.82) is 0 Å². The molecule has 0 atom stereocenters. The van der Waals surface area contributed by atoms with E-state index < -0.39 is 34.4 Å². The van der Waals surface area contributed by atoms with Crippen LogP contribution in [0.25, 0.3) is 0 Å². The number of aliphatic carboxylic acids is 1. The quantitative estimate of drug-likeness (QED) is 0.448. The zero-order chi connectivity index (χ0) is 26.7. The van der Waals surface area contributed by atoms with Gasteiger partial charge in [-0.3, -0.25) is 14.6 Å². The van der Waals surface area contributed by atoms with Crippen LogP contribution in [0.5, 0.6) is 5.75 Å². The van der Waals surface area contributed by atoms with Gasteiger partial charge in [-0.05, 0) is 69.5 Å². The van der Waals surface area contributed by atoms with Crippen LogP contribution < -0.4 is 9.64 Å². The number of alkyl halides is 3. The highest BCUT2D eigenvalue weighted by molar-refractivity contribution is 6.31. The number of carbonyl (C=O) groups excluding carboxylic acids is 2. The fraction of sp³-hybridized carbons (Fsp3) is 0.375. The smallest absolute Gasteiger partial charge is 0.417 e. The summed E-state index contributed by atoms with van der Waals surface area (Å²) >= 11 is 5.79. The van der Waals surface area contributed by atoms with Crippen LogP contribution in [-0.4, -0.2) is 40.6 Å². The fourth-order valence-corrected chi connectivity index (χ4v) is 3.70. The number of nitrogens with zero attached hydrogens (tertiary/aromatic N) is 2. The van der Waals surface area contributed by atoms with E-state index in [0.29, 0.717) is 28.8 Å². The molecule has 11 heteroatoms. The van der Waals surface area contributed by atoms with E-state index in [9.17, 15) is 32.7 Å². The van der Waals surface area contributed by atoms with Crippen LogP contribution in [0.3, 0.4) is 0 Å². The second kappa shape index (κ2) is 10.6. The van der Waals surface area contributed by atoms with Crippen molar-refractivity contribution in [3.63, 3.8) is 0 Å². The van der Waals surface area contributed by atoms with Gasteiger partial charge in [-0.25, -0.2) is 9.59 Å². The molecule has 0 spiro atoms. The van der Waals surface area contributed by atoms with E-state index in [2.05, 4.69) is 0 Å². The number of carbonyl (C=O) groups is 3. The Morgan fingerprint density at radius 2 is 1.69 bits per heavy atom. The summed E-state index contributed by atoms with van der Waals surface area (Å²) in [5.41, 5.74) is -0.606. The van der Waals surface area contributed by atoms with E-state index in [1.165, 1.54) is 13.8 Å². The highest BCUT2D eigenvalue weighted by atomic mass is 35.5. The normalized spacial score (nSPS) is 11.7. The predicted molar refractivity (Wildman–Crippen MR) is 125 cm³/mol. The average molecular weight is 515 g/mol. The van der Waals surface area contributed by atoms with Crippen molar-refractivity contribution in [2.45, 2.75) is 52.9 Å². The third-order valence-electron chi connectivity index (χ3n) is 5.24. The summed E-state index contributed by atoms with van der Waals surface area (Å²) in [5.74, 6) is -0.763. The number of rotatable bonds is 8. The maximum atomic E-state index is 13.1. The molecule has 0 aliphatic carbocycles. The number of urea groups is 1. The van der Waals surface area contributed by atoms with Crippen LogP contribution in [0.15, 0.2) is 30.3 Å². The van der Waals surface area contributed by atoms with Crippen LogP contribution in [0.1, 0.15) is 43.0 Å². The van der Waals surface area contributed by atoms with Crippen molar-refractivity contribution in [3.8, 4) is 5.75 Å². The maximum absolute atomic E-state index is 13.1. The molecule has 0 fully saturated rings. The molecule has 0 heterocycles. The number of carboxylic acid groups (broad SMARTS) is 1. The van der Waals surface area contributed by atoms with Crippen molar-refractivity contribution in [1.82, 2.24) is 4.90 Å². The van der Waals surface area contributed by atoms with Crippen LogP contribution in [0, 0.1) is 13.8 Å². The number of benzene rings is 2. The lowest BCUT2D eigenvalue weighted by Crippen LogP contribution is -2.42. The Labute approximate surface area is 206 Å². The van der Waals surface area contributed by atoms with Crippen molar-refractivity contribution in [2.75, 3.05) is 11.4 Å². The Hall–Kier alpha value is -3.27. The molecule has 3 amide bonds. The summed E-state index contributed by atoms with van der Waals surface area (Å²) in [7, 11) is 0. The standard InChI is InChI=1S/C24H26ClF3N2O5/c1-6-30(17-7-8-18(19(25)11-17)24(26,27)28)22(34)29(13-31)12-16-9-14(2)20(15(3)10-16)35-23(4,5)21(32)33/h7-11,13H,6,12H2,1-5H3,(H,32,33). The van der Waals surface area contributed by atoms with Gasteiger partial charge >= 0.3 is 18.2 Å². The number of aryl methyl sites for hydroxylation is 2. The summed E-state index contributed by atoms with van der Waals surface area (Å²) in [6, 6.07) is 5.50. The van der Waals surface area contributed by atoms with Gasteiger partial charge < -0.3 is 9.84 Å². The van der Waals surface area contributed by atoms with Gasteiger partial charge in [0.05, 0.1) is 17.1 Å². The van der Waals surface area contributed by atoms with Gasteiger partial charge in [0.25, 0.3) is 0 Å². The number of hydrogen-bond acceptors (Lipinski definition) is 4. The van der Waals surface area contributed by atoms with Gasteiger partial charge in [-0.1, -0.05) is 23.7 Å². The first-order valence-electron chi connectivity index (χ1n) is 10.5. The van der Waals surface area contributed by atoms with Gasteiger partial charge in [0, 0.05) is 12.2 Å². The second-order valence-electron chi connectivity index (χ2n) is 8.40. The minimum atomic E-state index is -4.64. The Balaban J connectivity index is 2.31. The molecule has 1 N–H and O–H groups in total. The first-order valence-corrected chi connectivity index (χ1v) is 10.9. The number of halogens is 4. The Bertz CT molecular complexity index is 1110. The number of carboxylic acids is 1. The molecule has 0 radical (unpaired) electrons. The van der Waals surface area contributed by atoms with Crippen molar-refractivity contribution in [3.05, 3.63) is 57.6 Å². The van der Waals surface area contributed by atoms with E-state index in [-0.39, 0.29) is 18.8 Å². The van der Waals surface area contributed by atoms with Gasteiger partial charge in [0.1, 0.15) is 5.75 Å². The fourth-order valence-electron chi connectivity index (χ4n) is 3.42. The maximum Gasteiger partial charge on any atom is 0.417 e. The molecule has 0 aliphatic heterocycles. The first-order chi connectivity index (χ1) is 16.1. The Morgan fingerprint density at radius 1 is 1.11 bits per heavy atom. The van der Waals surface area contributed by atoms with Gasteiger partial charge in [-0.2, -0.15) is 13.2 Å². The number of hydrogen-bond donors (Lipinski definition) is 1. The largest absolute Gasteiger partial charge is 0.478 e. The van der Waals surface area contributed by atoms with E-state index in [1.54, 1.807) is 32.9 Å². The summed E-state index contributed by atoms with van der Waals surface area (Å²) in [6.45, 7) is 7.80. The van der Waals surface area contributed by atoms with E-state index in [4.69, 9.17) is 16.3 Å². The molecular formula is C24H26ClF3N2O5. The summed E-state index contributed by atoms with van der Waals surface area (Å²) < 4.78 is 44.7. The molecule has 0 aromatic heterocycles. The minimum Gasteiger partial charge on any atom is -0.478 e. The van der Waals surface area contributed by atoms with Crippen molar-refractivity contribution >= 4 is 35.7 Å².